The fraction of sp³-hybridized carbons (Fsp3) is 0.462. The lowest BCUT2D eigenvalue weighted by Crippen LogP contribution is -2.35. The summed E-state index contributed by atoms with van der Waals surface area (Å²) in [5, 5.41) is 2.66. The maximum Gasteiger partial charge on any atom is 0.407 e. The summed E-state index contributed by atoms with van der Waals surface area (Å²) in [6, 6.07) is 9.69. The van der Waals surface area contributed by atoms with Gasteiger partial charge < -0.3 is 10.1 Å². The molecule has 0 saturated heterocycles. The third kappa shape index (κ3) is 7.46. The monoisotopic (exact) mass is 285 g/mol. The molecule has 19 heavy (non-hydrogen) atoms. The van der Waals surface area contributed by atoms with Crippen molar-refractivity contribution in [2.75, 3.05) is 18.6 Å². The Morgan fingerprint density at radius 2 is 1.95 bits per heavy atom. The summed E-state index contributed by atoms with van der Waals surface area (Å²) in [5.41, 5.74) is 1.12. The van der Waals surface area contributed by atoms with Gasteiger partial charge in [0.05, 0.1) is 5.75 Å². The quantitative estimate of drug-likeness (QED) is 0.857. The van der Waals surface area contributed by atoms with Crippen LogP contribution < -0.4 is 5.32 Å². The molecule has 0 saturated carbocycles. The molecule has 0 aliphatic carbocycles. The number of benzene rings is 1. The number of rotatable bonds is 6. The van der Waals surface area contributed by atoms with E-state index in [4.69, 9.17) is 4.74 Å². The smallest absolute Gasteiger partial charge is 0.407 e. The summed E-state index contributed by atoms with van der Waals surface area (Å²) in [6.07, 6.45) is 1.21. The zero-order valence-corrected chi connectivity index (χ0v) is 11.9. The van der Waals surface area contributed by atoms with Gasteiger partial charge in [-0.05, 0) is 18.9 Å². The van der Waals surface area contributed by atoms with Crippen molar-refractivity contribution in [3.63, 3.8) is 0 Å². The molecule has 0 aliphatic rings. The minimum Gasteiger partial charge on any atom is -0.448 e. The highest BCUT2D eigenvalue weighted by Gasteiger charge is 2.10. The summed E-state index contributed by atoms with van der Waals surface area (Å²) >= 11 is 0. The Balaban J connectivity index is 2.28. The number of hydrogen-bond acceptors (Lipinski definition) is 4. The second kappa shape index (κ2) is 7.13. The molecule has 0 bridgehead atoms. The number of hydrogen-bond donors (Lipinski definition) is 1. The minimum absolute atomic E-state index is 0.0758. The summed E-state index contributed by atoms with van der Waals surface area (Å²) in [6.45, 7) is 1.74. The molecule has 0 heterocycles. The molecule has 0 fully saturated rings. The van der Waals surface area contributed by atoms with Crippen LogP contribution in [0.25, 0.3) is 0 Å². The van der Waals surface area contributed by atoms with E-state index < -0.39 is 15.9 Å². The molecule has 1 amide bonds. The number of ether oxygens (including phenoxy) is 1. The fourth-order valence-electron chi connectivity index (χ4n) is 1.55. The van der Waals surface area contributed by atoms with Gasteiger partial charge in [-0.3, -0.25) is 0 Å². The predicted molar refractivity (Wildman–Crippen MR) is 73.8 cm³/mol. The molecule has 1 aromatic rings. The molecule has 1 N–H and O–H groups in total. The van der Waals surface area contributed by atoms with Crippen LogP contribution in [0.3, 0.4) is 0 Å². The first-order valence-corrected chi connectivity index (χ1v) is 8.08. The van der Waals surface area contributed by atoms with Gasteiger partial charge in [0.25, 0.3) is 0 Å². The molecule has 1 atom stereocenters. The number of carbonyl (C=O) groups is 1. The van der Waals surface area contributed by atoms with Gasteiger partial charge in [-0.2, -0.15) is 0 Å². The SMILES string of the molecule is CC(Cc1ccccc1)NC(=O)OCCS(C)(=O)=O. The van der Waals surface area contributed by atoms with Crippen LogP contribution in [0.15, 0.2) is 30.3 Å². The molecule has 5 nitrogen and oxygen atoms in total. The number of amides is 1. The topological polar surface area (TPSA) is 72.5 Å². The lowest BCUT2D eigenvalue weighted by Gasteiger charge is -2.13. The number of carbonyl (C=O) groups excluding carboxylic acids is 1. The highest BCUT2D eigenvalue weighted by Crippen LogP contribution is 2.02. The summed E-state index contributed by atoms with van der Waals surface area (Å²) < 4.78 is 26.5. The van der Waals surface area contributed by atoms with E-state index in [0.717, 1.165) is 11.8 Å². The zero-order chi connectivity index (χ0) is 14.3. The third-order valence-electron chi connectivity index (χ3n) is 2.44. The van der Waals surface area contributed by atoms with Gasteiger partial charge in [0.1, 0.15) is 6.61 Å². The van der Waals surface area contributed by atoms with Crippen LogP contribution in [0.2, 0.25) is 0 Å². The van der Waals surface area contributed by atoms with E-state index >= 15 is 0 Å². The van der Waals surface area contributed by atoms with Crippen molar-refractivity contribution >= 4 is 15.9 Å². The summed E-state index contributed by atoms with van der Waals surface area (Å²) in [5.74, 6) is -0.159. The Morgan fingerprint density at radius 3 is 2.53 bits per heavy atom. The second-order valence-electron chi connectivity index (χ2n) is 4.50. The highest BCUT2D eigenvalue weighted by molar-refractivity contribution is 7.90. The number of sulfone groups is 1. The molecule has 1 unspecified atom stereocenters. The highest BCUT2D eigenvalue weighted by atomic mass is 32.2. The maximum atomic E-state index is 11.4. The molecular weight excluding hydrogens is 266 g/mol. The molecule has 0 radical (unpaired) electrons. The van der Waals surface area contributed by atoms with Crippen LogP contribution in [0.1, 0.15) is 12.5 Å². The van der Waals surface area contributed by atoms with Crippen LogP contribution in [-0.2, 0) is 21.0 Å². The number of alkyl carbamates (subject to hydrolysis) is 1. The minimum atomic E-state index is -3.10. The van der Waals surface area contributed by atoms with Crippen molar-refractivity contribution in [2.45, 2.75) is 19.4 Å². The molecule has 6 heteroatoms. The van der Waals surface area contributed by atoms with E-state index in [9.17, 15) is 13.2 Å². The summed E-state index contributed by atoms with van der Waals surface area (Å²) in [4.78, 5) is 11.4. The Bertz CT molecular complexity index is 499. The molecule has 106 valence electrons. The van der Waals surface area contributed by atoms with Gasteiger partial charge in [0.2, 0.25) is 0 Å². The van der Waals surface area contributed by atoms with Gasteiger partial charge in [-0.15, -0.1) is 0 Å². The molecular formula is C13H19NO4S. The Kier molecular flexibility index (Phi) is 5.82. The average molecular weight is 285 g/mol. The van der Waals surface area contributed by atoms with Crippen molar-refractivity contribution in [2.24, 2.45) is 0 Å². The molecule has 1 rings (SSSR count). The van der Waals surface area contributed by atoms with Gasteiger partial charge >= 0.3 is 6.09 Å². The first-order chi connectivity index (χ1) is 8.87. The van der Waals surface area contributed by atoms with Crippen LogP contribution in [0, 0.1) is 0 Å². The van der Waals surface area contributed by atoms with Crippen molar-refractivity contribution in [3.05, 3.63) is 35.9 Å². The normalized spacial score (nSPS) is 12.7. The predicted octanol–water partition coefficient (Wildman–Crippen LogP) is 1.39. The Morgan fingerprint density at radius 1 is 1.32 bits per heavy atom. The van der Waals surface area contributed by atoms with E-state index in [1.54, 1.807) is 0 Å². The van der Waals surface area contributed by atoms with Crippen LogP contribution >= 0.6 is 0 Å². The standard InChI is InChI=1S/C13H19NO4S/c1-11(10-12-6-4-3-5-7-12)14-13(15)18-8-9-19(2,16)17/h3-7,11H,8-10H2,1-2H3,(H,14,15). The van der Waals surface area contributed by atoms with Crippen molar-refractivity contribution in [1.82, 2.24) is 5.32 Å². The van der Waals surface area contributed by atoms with E-state index in [2.05, 4.69) is 5.32 Å². The zero-order valence-electron chi connectivity index (χ0n) is 11.1. The van der Waals surface area contributed by atoms with E-state index in [-0.39, 0.29) is 18.4 Å². The maximum absolute atomic E-state index is 11.4. The van der Waals surface area contributed by atoms with Gasteiger partial charge in [0, 0.05) is 12.3 Å². The largest absolute Gasteiger partial charge is 0.448 e. The van der Waals surface area contributed by atoms with Crippen molar-refractivity contribution < 1.29 is 17.9 Å². The first-order valence-electron chi connectivity index (χ1n) is 6.02. The average Bonchev–Trinajstić information content (AvgIpc) is 2.28. The van der Waals surface area contributed by atoms with Crippen LogP contribution in [0.4, 0.5) is 4.79 Å². The van der Waals surface area contributed by atoms with Gasteiger partial charge in [-0.25, -0.2) is 13.2 Å². The van der Waals surface area contributed by atoms with E-state index in [1.165, 1.54) is 0 Å². The molecule has 0 aromatic heterocycles. The lowest BCUT2D eigenvalue weighted by atomic mass is 10.1. The fourth-order valence-corrected chi connectivity index (χ4v) is 1.93. The van der Waals surface area contributed by atoms with Gasteiger partial charge in [0.15, 0.2) is 9.84 Å². The van der Waals surface area contributed by atoms with E-state index in [0.29, 0.717) is 6.42 Å². The second-order valence-corrected chi connectivity index (χ2v) is 6.76. The molecule has 0 aliphatic heterocycles. The first kappa shape index (κ1) is 15.5. The summed E-state index contributed by atoms with van der Waals surface area (Å²) in [7, 11) is -3.10. The van der Waals surface area contributed by atoms with E-state index in [1.807, 2.05) is 37.3 Å². The third-order valence-corrected chi connectivity index (χ3v) is 3.34. The Labute approximate surface area is 113 Å². The van der Waals surface area contributed by atoms with Crippen molar-refractivity contribution in [1.29, 1.82) is 0 Å². The lowest BCUT2D eigenvalue weighted by molar-refractivity contribution is 0.149. The van der Waals surface area contributed by atoms with Gasteiger partial charge in [-0.1, -0.05) is 30.3 Å². The van der Waals surface area contributed by atoms with Crippen molar-refractivity contribution in [3.8, 4) is 0 Å². The molecule has 0 spiro atoms. The van der Waals surface area contributed by atoms with Crippen LogP contribution in [0.5, 0.6) is 0 Å². The van der Waals surface area contributed by atoms with Crippen LogP contribution in [-0.4, -0.2) is 39.2 Å². The molecule has 1 aromatic carbocycles. The Hall–Kier alpha value is -1.56. The number of nitrogens with one attached hydrogen (secondary N) is 1.